The van der Waals surface area contributed by atoms with Gasteiger partial charge in [-0.2, -0.15) is 0 Å². The van der Waals surface area contributed by atoms with E-state index < -0.39 is 33.7 Å². The van der Waals surface area contributed by atoms with E-state index in [-0.39, 0.29) is 33.3 Å². The number of hydrogen-bond donors (Lipinski definition) is 3. The van der Waals surface area contributed by atoms with Crippen molar-refractivity contribution in [1.82, 2.24) is 5.32 Å². The molecule has 0 radical (unpaired) electrons. The molecule has 0 atom stereocenters. The van der Waals surface area contributed by atoms with Crippen molar-refractivity contribution in [1.29, 1.82) is 0 Å². The van der Waals surface area contributed by atoms with Gasteiger partial charge in [0.05, 0.1) is 17.1 Å². The molecule has 2 aromatic carbocycles. The highest BCUT2D eigenvalue weighted by Crippen LogP contribution is 2.25. The molecule has 0 aliphatic rings. The molecule has 0 aliphatic carbocycles. The topological polar surface area (TPSA) is 131 Å². The first-order valence-electron chi connectivity index (χ1n) is 9.45. The van der Waals surface area contributed by atoms with Crippen LogP contribution < -0.4 is 15.4 Å². The Bertz CT molecular complexity index is 1290. The summed E-state index contributed by atoms with van der Waals surface area (Å²) in [6, 6.07) is 11.4. The molecule has 1 aromatic heterocycles. The normalized spacial score (nSPS) is 10.8. The number of alkyl carbamates (subject to hydrolysis) is 1. The molecular formula is C21H18FN3O6S2. The zero-order valence-electron chi connectivity index (χ0n) is 17.1. The summed E-state index contributed by atoms with van der Waals surface area (Å²) in [5, 5.41) is 6.37. The van der Waals surface area contributed by atoms with Crippen molar-refractivity contribution in [3.05, 3.63) is 76.9 Å². The van der Waals surface area contributed by atoms with Gasteiger partial charge in [0.25, 0.3) is 21.8 Å². The van der Waals surface area contributed by atoms with Crippen LogP contribution in [0.25, 0.3) is 0 Å². The van der Waals surface area contributed by atoms with Crippen LogP contribution in [0.1, 0.15) is 27.6 Å². The summed E-state index contributed by atoms with van der Waals surface area (Å²) in [6.07, 6.45) is -0.910. The zero-order valence-corrected chi connectivity index (χ0v) is 18.8. The number of benzene rings is 2. The molecule has 0 aliphatic heterocycles. The molecule has 172 valence electrons. The van der Waals surface area contributed by atoms with Gasteiger partial charge >= 0.3 is 6.09 Å². The molecule has 0 saturated carbocycles. The molecule has 0 fully saturated rings. The molecule has 33 heavy (non-hydrogen) atoms. The van der Waals surface area contributed by atoms with Crippen LogP contribution in [-0.4, -0.2) is 32.9 Å². The number of carbonyl (C=O) groups is 3. The molecular weight excluding hydrogens is 473 g/mol. The van der Waals surface area contributed by atoms with Gasteiger partial charge in [0.2, 0.25) is 0 Å². The Hall–Kier alpha value is -3.77. The van der Waals surface area contributed by atoms with Crippen LogP contribution in [-0.2, 0) is 14.8 Å². The van der Waals surface area contributed by atoms with Crippen molar-refractivity contribution in [2.24, 2.45) is 0 Å². The second kappa shape index (κ2) is 10.2. The zero-order chi connectivity index (χ0) is 24.0. The molecule has 1 heterocycles. The molecule has 3 N–H and O–H groups in total. The number of hydrogen-bond acceptors (Lipinski definition) is 7. The number of carbonyl (C=O) groups excluding carboxylic acids is 3. The minimum Gasteiger partial charge on any atom is -0.450 e. The summed E-state index contributed by atoms with van der Waals surface area (Å²) in [5.41, 5.74) is 0.285. The number of halogens is 1. The third kappa shape index (κ3) is 6.14. The quantitative estimate of drug-likeness (QED) is 0.461. The maximum Gasteiger partial charge on any atom is 0.414 e. The van der Waals surface area contributed by atoms with E-state index in [4.69, 9.17) is 0 Å². The van der Waals surface area contributed by atoms with Crippen molar-refractivity contribution in [3.63, 3.8) is 0 Å². The summed E-state index contributed by atoms with van der Waals surface area (Å²) >= 11 is 1.07. The highest BCUT2D eigenvalue weighted by molar-refractivity contribution is 7.92. The molecule has 0 unspecified atom stereocenters. The first-order chi connectivity index (χ1) is 15.7. The summed E-state index contributed by atoms with van der Waals surface area (Å²) < 4.78 is 45.0. The first kappa shape index (κ1) is 23.9. The predicted octanol–water partition coefficient (Wildman–Crippen LogP) is 3.83. The van der Waals surface area contributed by atoms with E-state index in [1.54, 1.807) is 12.3 Å². The second-order valence-electron chi connectivity index (χ2n) is 6.43. The third-order valence-electron chi connectivity index (χ3n) is 4.13. The van der Waals surface area contributed by atoms with Gasteiger partial charge in [-0.15, -0.1) is 11.3 Å². The Labute approximate surface area is 192 Å². The molecule has 3 aromatic rings. The van der Waals surface area contributed by atoms with Crippen LogP contribution in [0.2, 0.25) is 0 Å². The minimum absolute atomic E-state index is 0.0644. The van der Waals surface area contributed by atoms with Crippen LogP contribution in [0.3, 0.4) is 0 Å². The lowest BCUT2D eigenvalue weighted by Crippen LogP contribution is -2.31. The largest absolute Gasteiger partial charge is 0.450 e. The van der Waals surface area contributed by atoms with E-state index in [9.17, 15) is 27.2 Å². The van der Waals surface area contributed by atoms with Gasteiger partial charge in [0, 0.05) is 11.3 Å². The molecule has 0 saturated heterocycles. The molecule has 9 nitrogen and oxygen atoms in total. The minimum atomic E-state index is -4.00. The van der Waals surface area contributed by atoms with Crippen molar-refractivity contribution in [2.45, 2.75) is 11.8 Å². The number of imide groups is 1. The molecule has 3 amide bonds. The fourth-order valence-electron chi connectivity index (χ4n) is 2.64. The number of nitrogens with one attached hydrogen (secondary N) is 3. The monoisotopic (exact) mass is 491 g/mol. The standard InChI is InChI=1S/C21H18FN3O6S2/c1-2-31-21(28)24-19(27)17-10-11-32-20(17)23-18(26)13-4-3-5-15(12-13)25-33(29,30)16-8-6-14(22)7-9-16/h3-12,25H,2H2,1H3,(H,23,26)(H,24,27,28). The lowest BCUT2D eigenvalue weighted by atomic mass is 10.2. The van der Waals surface area contributed by atoms with Crippen LogP contribution in [0, 0.1) is 5.82 Å². The van der Waals surface area contributed by atoms with Gasteiger partial charge in [-0.3, -0.25) is 19.6 Å². The second-order valence-corrected chi connectivity index (χ2v) is 9.03. The highest BCUT2D eigenvalue weighted by Gasteiger charge is 2.19. The highest BCUT2D eigenvalue weighted by atomic mass is 32.2. The Kier molecular flexibility index (Phi) is 7.41. The predicted molar refractivity (Wildman–Crippen MR) is 120 cm³/mol. The van der Waals surface area contributed by atoms with Crippen LogP contribution in [0.5, 0.6) is 0 Å². The molecule has 3 rings (SSSR count). The van der Waals surface area contributed by atoms with Crippen molar-refractivity contribution >= 4 is 50.0 Å². The number of ether oxygens (including phenoxy) is 1. The van der Waals surface area contributed by atoms with Gasteiger partial charge in [-0.05, 0) is 60.8 Å². The van der Waals surface area contributed by atoms with E-state index in [0.717, 1.165) is 35.6 Å². The average molecular weight is 492 g/mol. The maximum absolute atomic E-state index is 13.1. The van der Waals surface area contributed by atoms with Crippen LogP contribution in [0.4, 0.5) is 19.9 Å². The van der Waals surface area contributed by atoms with Crippen LogP contribution >= 0.6 is 11.3 Å². The first-order valence-corrected chi connectivity index (χ1v) is 11.8. The Morgan fingerprint density at radius 2 is 1.76 bits per heavy atom. The van der Waals surface area contributed by atoms with Gasteiger partial charge in [0.15, 0.2) is 0 Å². The number of amides is 3. The lowest BCUT2D eigenvalue weighted by Gasteiger charge is -2.10. The van der Waals surface area contributed by atoms with E-state index >= 15 is 0 Å². The van der Waals surface area contributed by atoms with E-state index in [1.165, 1.54) is 30.3 Å². The number of sulfonamides is 1. The summed E-state index contributed by atoms with van der Waals surface area (Å²) in [7, 11) is -4.00. The number of rotatable bonds is 7. The molecule has 0 spiro atoms. The molecule has 0 bridgehead atoms. The fraction of sp³-hybridized carbons (Fsp3) is 0.0952. The summed E-state index contributed by atoms with van der Waals surface area (Å²) in [4.78, 5) is 36.2. The van der Waals surface area contributed by atoms with Gasteiger partial charge < -0.3 is 10.1 Å². The smallest absolute Gasteiger partial charge is 0.414 e. The third-order valence-corrected chi connectivity index (χ3v) is 6.36. The van der Waals surface area contributed by atoms with Crippen molar-refractivity contribution in [3.8, 4) is 0 Å². The van der Waals surface area contributed by atoms with Gasteiger partial charge in [-0.25, -0.2) is 17.6 Å². The van der Waals surface area contributed by atoms with E-state index in [2.05, 4.69) is 14.8 Å². The lowest BCUT2D eigenvalue weighted by molar-refractivity contribution is 0.0926. The van der Waals surface area contributed by atoms with Crippen LogP contribution in [0.15, 0.2) is 64.9 Å². The number of thiophene rings is 1. The Morgan fingerprint density at radius 3 is 2.45 bits per heavy atom. The summed E-state index contributed by atoms with van der Waals surface area (Å²) in [6.45, 7) is 1.68. The van der Waals surface area contributed by atoms with E-state index in [1.807, 2.05) is 5.32 Å². The van der Waals surface area contributed by atoms with E-state index in [0.29, 0.717) is 0 Å². The van der Waals surface area contributed by atoms with Gasteiger partial charge in [-0.1, -0.05) is 6.07 Å². The Balaban J connectivity index is 1.73. The maximum atomic E-state index is 13.1. The number of anilines is 2. The summed E-state index contributed by atoms with van der Waals surface area (Å²) in [5.74, 6) is -1.92. The van der Waals surface area contributed by atoms with Crippen molar-refractivity contribution < 1.29 is 31.9 Å². The van der Waals surface area contributed by atoms with Gasteiger partial charge in [0.1, 0.15) is 10.8 Å². The fourth-order valence-corrected chi connectivity index (χ4v) is 4.47. The Morgan fingerprint density at radius 1 is 1.03 bits per heavy atom. The average Bonchev–Trinajstić information content (AvgIpc) is 3.22. The molecule has 12 heteroatoms. The van der Waals surface area contributed by atoms with Crippen molar-refractivity contribution in [2.75, 3.05) is 16.6 Å². The SMILES string of the molecule is CCOC(=O)NC(=O)c1ccsc1NC(=O)c1cccc(NS(=O)(=O)c2ccc(F)cc2)c1.